The van der Waals surface area contributed by atoms with Crippen LogP contribution in [0.1, 0.15) is 0 Å². The molecule has 0 aromatic heterocycles. The van der Waals surface area contributed by atoms with E-state index >= 15 is 0 Å². The zero-order valence-corrected chi connectivity index (χ0v) is 9.80. The molecule has 0 heterocycles. The summed E-state index contributed by atoms with van der Waals surface area (Å²) >= 11 is 0. The summed E-state index contributed by atoms with van der Waals surface area (Å²) in [6.07, 6.45) is 0. The molecule has 0 fully saturated rings. The number of nitrogens with one attached hydrogen (secondary N) is 2. The van der Waals surface area contributed by atoms with Crippen molar-refractivity contribution in [1.29, 1.82) is 10.7 Å². The lowest BCUT2D eigenvalue weighted by atomic mass is 10.3. The average Bonchev–Trinajstić information content (AvgIpc) is 2.38. The van der Waals surface area contributed by atoms with Crippen molar-refractivity contribution in [1.82, 2.24) is 0 Å². The third-order valence-electron chi connectivity index (χ3n) is 1.87. The van der Waals surface area contributed by atoms with Crippen molar-refractivity contribution < 1.29 is 9.47 Å². The van der Waals surface area contributed by atoms with Crippen LogP contribution in [0.25, 0.3) is 0 Å². The Morgan fingerprint density at radius 3 is 2.89 bits per heavy atom. The highest BCUT2D eigenvalue weighted by Gasteiger charge is 2.04. The van der Waals surface area contributed by atoms with Crippen LogP contribution in [-0.2, 0) is 4.74 Å². The summed E-state index contributed by atoms with van der Waals surface area (Å²) in [5.41, 5.74) is 8.13. The maximum absolute atomic E-state index is 8.69. The maximum Gasteiger partial charge on any atom is 0.201 e. The number of hydrogen-bond acceptors (Lipinski definition) is 6. The fourth-order valence-corrected chi connectivity index (χ4v) is 1.07. The molecule has 0 saturated carbocycles. The molecule has 7 heteroatoms. The van der Waals surface area contributed by atoms with Gasteiger partial charge < -0.3 is 15.2 Å². The van der Waals surface area contributed by atoms with Crippen LogP contribution in [0.2, 0.25) is 0 Å². The Kier molecular flexibility index (Phi) is 5.15. The molecule has 0 amide bonds. The van der Waals surface area contributed by atoms with E-state index in [9.17, 15) is 0 Å². The minimum Gasteiger partial charge on any atom is -0.465 e. The van der Waals surface area contributed by atoms with Gasteiger partial charge in [-0.2, -0.15) is 10.4 Å². The summed E-state index contributed by atoms with van der Waals surface area (Å²) in [7, 11) is 1.51. The normalized spacial score (nSPS) is 10.6. The number of nitrogens with zero attached hydrogens (tertiary/aromatic N) is 2. The highest BCUT2D eigenvalue weighted by molar-refractivity contribution is 6.45. The average molecular weight is 247 g/mol. The van der Waals surface area contributed by atoms with Crippen LogP contribution in [0.4, 0.5) is 5.69 Å². The van der Waals surface area contributed by atoms with Crippen LogP contribution in [0.15, 0.2) is 29.4 Å². The first-order chi connectivity index (χ1) is 8.69. The van der Waals surface area contributed by atoms with Crippen molar-refractivity contribution in [2.75, 3.05) is 19.3 Å². The Morgan fingerprint density at radius 1 is 1.56 bits per heavy atom. The summed E-state index contributed by atoms with van der Waals surface area (Å²) in [6, 6.07) is 8.70. The van der Waals surface area contributed by atoms with Crippen molar-refractivity contribution in [2.45, 2.75) is 0 Å². The molecule has 0 aliphatic heterocycles. The van der Waals surface area contributed by atoms with E-state index in [1.165, 1.54) is 7.11 Å². The van der Waals surface area contributed by atoms with Crippen molar-refractivity contribution in [3.63, 3.8) is 0 Å². The molecule has 4 N–H and O–H groups in total. The fourth-order valence-electron chi connectivity index (χ4n) is 1.07. The molecular formula is C11H13N5O2. The van der Waals surface area contributed by atoms with E-state index in [1.807, 2.05) is 0 Å². The number of ether oxygens (including phenoxy) is 2. The largest absolute Gasteiger partial charge is 0.465 e. The highest BCUT2D eigenvalue weighted by atomic mass is 16.7. The second-order valence-electron chi connectivity index (χ2n) is 3.14. The molecule has 0 radical (unpaired) electrons. The van der Waals surface area contributed by atoms with Gasteiger partial charge in [0.2, 0.25) is 5.71 Å². The van der Waals surface area contributed by atoms with Gasteiger partial charge in [-0.1, -0.05) is 12.1 Å². The molecule has 0 spiro atoms. The highest BCUT2D eigenvalue weighted by Crippen LogP contribution is 2.23. The van der Waals surface area contributed by atoms with Gasteiger partial charge in [0.15, 0.2) is 12.6 Å². The number of nitriles is 1. The van der Waals surface area contributed by atoms with Crippen LogP contribution in [0, 0.1) is 16.7 Å². The lowest BCUT2D eigenvalue weighted by Crippen LogP contribution is -2.21. The van der Waals surface area contributed by atoms with E-state index in [1.54, 1.807) is 30.3 Å². The zero-order chi connectivity index (χ0) is 13.4. The van der Waals surface area contributed by atoms with Gasteiger partial charge in [-0.3, -0.25) is 10.8 Å². The Hall–Kier alpha value is -2.59. The van der Waals surface area contributed by atoms with Crippen molar-refractivity contribution in [2.24, 2.45) is 10.8 Å². The minimum atomic E-state index is -0.403. The number of hydrogen-bond donors (Lipinski definition) is 3. The summed E-state index contributed by atoms with van der Waals surface area (Å²) in [5, 5.41) is 19.5. The minimum absolute atomic E-state index is 0.0974. The molecule has 18 heavy (non-hydrogen) atoms. The maximum atomic E-state index is 8.69. The van der Waals surface area contributed by atoms with Crippen molar-refractivity contribution >= 4 is 17.2 Å². The molecule has 94 valence electrons. The predicted octanol–water partition coefficient (Wildman–Crippen LogP) is 0.897. The van der Waals surface area contributed by atoms with Crippen LogP contribution < -0.4 is 15.9 Å². The topological polar surface area (TPSA) is 117 Å². The van der Waals surface area contributed by atoms with E-state index in [2.05, 4.69) is 10.5 Å². The number of benzene rings is 1. The van der Waals surface area contributed by atoms with E-state index in [0.717, 1.165) is 0 Å². The van der Waals surface area contributed by atoms with Gasteiger partial charge in [0, 0.05) is 7.11 Å². The van der Waals surface area contributed by atoms with Crippen LogP contribution in [0.3, 0.4) is 0 Å². The molecule has 0 bridgehead atoms. The van der Waals surface area contributed by atoms with Gasteiger partial charge in [-0.05, 0) is 12.1 Å². The van der Waals surface area contributed by atoms with Gasteiger partial charge in [0.05, 0.1) is 5.69 Å². The first-order valence-corrected chi connectivity index (χ1v) is 4.98. The lowest BCUT2D eigenvalue weighted by Gasteiger charge is -2.09. The Labute approximate surface area is 104 Å². The van der Waals surface area contributed by atoms with E-state index in [0.29, 0.717) is 11.4 Å². The first-order valence-electron chi connectivity index (χ1n) is 4.98. The SMILES string of the molecule is COCOc1ccccc1N/N=C(\C#N)C(=N)N. The number of rotatable bonds is 6. The lowest BCUT2D eigenvalue weighted by molar-refractivity contribution is 0.0516. The summed E-state index contributed by atoms with van der Waals surface area (Å²) < 4.78 is 10.1. The molecule has 0 atom stereocenters. The first kappa shape index (κ1) is 13.5. The van der Waals surface area contributed by atoms with Crippen LogP contribution in [0.5, 0.6) is 5.75 Å². The third-order valence-corrected chi connectivity index (χ3v) is 1.87. The molecule has 0 aliphatic carbocycles. The summed E-state index contributed by atoms with van der Waals surface area (Å²) in [4.78, 5) is 0. The number of anilines is 1. The number of amidine groups is 1. The second-order valence-corrected chi connectivity index (χ2v) is 3.14. The molecule has 0 unspecified atom stereocenters. The van der Waals surface area contributed by atoms with Gasteiger partial charge in [0.25, 0.3) is 0 Å². The fraction of sp³-hybridized carbons (Fsp3) is 0.182. The van der Waals surface area contributed by atoms with Gasteiger partial charge in [0.1, 0.15) is 11.8 Å². The van der Waals surface area contributed by atoms with E-state index in [4.69, 9.17) is 25.9 Å². The van der Waals surface area contributed by atoms with Gasteiger partial charge in [-0.15, -0.1) is 0 Å². The molecular weight excluding hydrogens is 234 g/mol. The number of para-hydroxylation sites is 2. The van der Waals surface area contributed by atoms with Crippen molar-refractivity contribution in [3.8, 4) is 11.8 Å². The Morgan fingerprint density at radius 2 is 2.28 bits per heavy atom. The molecule has 1 aromatic rings. The van der Waals surface area contributed by atoms with Crippen molar-refractivity contribution in [3.05, 3.63) is 24.3 Å². The zero-order valence-electron chi connectivity index (χ0n) is 9.80. The molecule has 0 aliphatic rings. The predicted molar refractivity (Wildman–Crippen MR) is 67.5 cm³/mol. The van der Waals surface area contributed by atoms with Crippen LogP contribution in [-0.4, -0.2) is 25.5 Å². The third kappa shape index (κ3) is 3.77. The van der Waals surface area contributed by atoms with Gasteiger partial charge >= 0.3 is 0 Å². The molecule has 1 rings (SSSR count). The molecule has 7 nitrogen and oxygen atoms in total. The molecule has 1 aromatic carbocycles. The number of hydrazone groups is 1. The number of nitrogens with two attached hydrogens (primary N) is 1. The molecule has 0 saturated heterocycles. The standard InChI is InChI=1S/C11H13N5O2/c1-17-7-18-10-5-3-2-4-8(10)15-16-9(6-12)11(13)14/h2-5,15H,7H2,1H3,(H3,13,14)/b16-9+. The smallest absolute Gasteiger partial charge is 0.201 e. The summed E-state index contributed by atoms with van der Waals surface area (Å²) in [6.45, 7) is 0.0974. The van der Waals surface area contributed by atoms with Crippen LogP contribution >= 0.6 is 0 Å². The second kappa shape index (κ2) is 6.88. The Balaban J connectivity index is 2.84. The van der Waals surface area contributed by atoms with E-state index in [-0.39, 0.29) is 12.5 Å². The quantitative estimate of drug-likeness (QED) is 0.299. The van der Waals surface area contributed by atoms with E-state index < -0.39 is 5.84 Å². The number of methoxy groups -OCH3 is 1. The summed E-state index contributed by atoms with van der Waals surface area (Å²) in [5.74, 6) is 0.115. The monoisotopic (exact) mass is 247 g/mol. The Bertz CT molecular complexity index is 492. The van der Waals surface area contributed by atoms with Gasteiger partial charge in [-0.25, -0.2) is 0 Å².